The van der Waals surface area contributed by atoms with E-state index in [0.29, 0.717) is 11.1 Å². The molecule has 0 atom stereocenters. The van der Waals surface area contributed by atoms with E-state index in [1.54, 1.807) is 24.3 Å². The van der Waals surface area contributed by atoms with Gasteiger partial charge < -0.3 is 20.4 Å². The Labute approximate surface area is 203 Å². The van der Waals surface area contributed by atoms with Crippen LogP contribution in [0.25, 0.3) is 21.9 Å². The van der Waals surface area contributed by atoms with Gasteiger partial charge in [0.25, 0.3) is 0 Å². The van der Waals surface area contributed by atoms with Gasteiger partial charge in [-0.1, -0.05) is 54.6 Å². The van der Waals surface area contributed by atoms with Gasteiger partial charge in [-0.25, -0.2) is 0 Å². The molecule has 0 saturated carbocycles. The minimum Gasteiger partial charge on any atom is -0.508 e. The average molecular weight is 461 g/mol. The molecule has 0 heterocycles. The Balaban J connectivity index is 1.82. The predicted molar refractivity (Wildman–Crippen MR) is 136 cm³/mol. The molecular weight excluding hydrogens is 436 g/mol. The summed E-state index contributed by atoms with van der Waals surface area (Å²) >= 11 is 0. The lowest BCUT2D eigenvalue weighted by Crippen LogP contribution is -2.28. The summed E-state index contributed by atoms with van der Waals surface area (Å²) in [6.45, 7) is -0.361. The Bertz CT molecular complexity index is 1520. The van der Waals surface area contributed by atoms with E-state index in [2.05, 4.69) is 24.3 Å². The molecule has 0 fully saturated rings. The van der Waals surface area contributed by atoms with Crippen molar-refractivity contribution in [3.05, 3.63) is 130 Å². The van der Waals surface area contributed by atoms with Gasteiger partial charge in [-0.2, -0.15) is 0 Å². The van der Waals surface area contributed by atoms with Crippen molar-refractivity contribution >= 4 is 10.8 Å². The first-order valence-electron chi connectivity index (χ1n) is 11.6. The van der Waals surface area contributed by atoms with E-state index in [1.165, 1.54) is 0 Å². The summed E-state index contributed by atoms with van der Waals surface area (Å²) in [6.07, 6.45) is 0. The zero-order chi connectivity index (χ0) is 24.2. The van der Waals surface area contributed by atoms with Gasteiger partial charge in [-0.15, -0.1) is 0 Å². The summed E-state index contributed by atoms with van der Waals surface area (Å²) < 4.78 is 0. The fourth-order valence-electron chi connectivity index (χ4n) is 5.65. The number of rotatable bonds is 4. The summed E-state index contributed by atoms with van der Waals surface area (Å²) in [4.78, 5) is 0. The average Bonchev–Trinajstić information content (AvgIpc) is 3.16. The molecule has 4 nitrogen and oxygen atoms in total. The van der Waals surface area contributed by atoms with Crippen LogP contribution in [0.5, 0.6) is 11.5 Å². The molecule has 4 N–H and O–H groups in total. The molecule has 6 rings (SSSR count). The molecule has 0 aromatic heterocycles. The van der Waals surface area contributed by atoms with E-state index in [4.69, 9.17) is 0 Å². The Morgan fingerprint density at radius 1 is 0.514 bits per heavy atom. The number of phenols is 2. The summed E-state index contributed by atoms with van der Waals surface area (Å²) in [6, 6.07) is 31.0. The third-order valence-corrected chi connectivity index (χ3v) is 7.27. The first-order chi connectivity index (χ1) is 17.1. The molecule has 4 heteroatoms. The molecule has 0 aliphatic heterocycles. The largest absolute Gasteiger partial charge is 0.508 e. The fraction of sp³-hybridized carbons (Fsp3) is 0.0968. The number of aliphatic hydroxyl groups excluding tert-OH is 2. The van der Waals surface area contributed by atoms with Crippen LogP contribution in [0.1, 0.15) is 33.4 Å². The maximum atomic E-state index is 10.2. The second kappa shape index (κ2) is 7.98. The number of aromatic hydroxyl groups is 2. The Kier molecular flexibility index (Phi) is 4.88. The lowest BCUT2D eigenvalue weighted by Gasteiger charge is -2.34. The van der Waals surface area contributed by atoms with Crippen molar-refractivity contribution in [2.75, 3.05) is 0 Å². The molecule has 0 spiro atoms. The molecule has 35 heavy (non-hydrogen) atoms. The maximum absolute atomic E-state index is 10.2. The van der Waals surface area contributed by atoms with Crippen molar-refractivity contribution < 1.29 is 20.4 Å². The van der Waals surface area contributed by atoms with Gasteiger partial charge in [-0.05, 0) is 97.7 Å². The summed E-state index contributed by atoms with van der Waals surface area (Å²) in [5.41, 5.74) is 6.62. The third-order valence-electron chi connectivity index (χ3n) is 7.27. The minimum atomic E-state index is -0.756. The first-order valence-corrected chi connectivity index (χ1v) is 11.6. The molecule has 0 bridgehead atoms. The molecule has 5 aromatic carbocycles. The van der Waals surface area contributed by atoms with Gasteiger partial charge in [0, 0.05) is 0 Å². The van der Waals surface area contributed by atoms with Crippen molar-refractivity contribution in [2.45, 2.75) is 18.6 Å². The van der Waals surface area contributed by atoms with Gasteiger partial charge in [0.2, 0.25) is 0 Å². The molecule has 0 radical (unpaired) electrons. The Hall–Kier alpha value is -4.12. The van der Waals surface area contributed by atoms with Crippen LogP contribution in [0.15, 0.2) is 97.1 Å². The molecule has 5 aromatic rings. The quantitative estimate of drug-likeness (QED) is 0.276. The van der Waals surface area contributed by atoms with Crippen LogP contribution in [0.2, 0.25) is 0 Å². The van der Waals surface area contributed by atoms with E-state index in [0.717, 1.165) is 44.2 Å². The van der Waals surface area contributed by atoms with Crippen molar-refractivity contribution in [1.29, 1.82) is 0 Å². The standard InChI is InChI=1S/C31H24O4/c32-17-21-14-28-27-13-19-3-1-2-4-20(19)15-29(27)31(30(28)16-22(21)18-33,23-5-9-25(34)10-6-23)24-7-11-26(35)12-8-24/h1-16,32-35H,17-18H2. The zero-order valence-corrected chi connectivity index (χ0v) is 18.9. The summed E-state index contributed by atoms with van der Waals surface area (Å²) in [5, 5.41) is 42.6. The van der Waals surface area contributed by atoms with E-state index < -0.39 is 5.41 Å². The van der Waals surface area contributed by atoms with Gasteiger partial charge in [0.1, 0.15) is 11.5 Å². The zero-order valence-electron chi connectivity index (χ0n) is 18.9. The highest BCUT2D eigenvalue weighted by molar-refractivity contribution is 5.96. The fourth-order valence-corrected chi connectivity index (χ4v) is 5.65. The Morgan fingerprint density at radius 2 is 0.971 bits per heavy atom. The number of hydrogen-bond donors (Lipinski definition) is 4. The SMILES string of the molecule is OCc1cc2c(cc1CO)C(c1ccc(O)cc1)(c1ccc(O)cc1)c1cc3ccccc3cc1-2. The molecular formula is C31H24O4. The number of fused-ring (bicyclic) bond motifs is 4. The lowest BCUT2D eigenvalue weighted by atomic mass is 9.67. The molecule has 1 aliphatic rings. The third kappa shape index (κ3) is 3.08. The minimum absolute atomic E-state index is 0.169. The van der Waals surface area contributed by atoms with Crippen LogP contribution >= 0.6 is 0 Å². The van der Waals surface area contributed by atoms with Crippen molar-refractivity contribution in [2.24, 2.45) is 0 Å². The lowest BCUT2D eigenvalue weighted by molar-refractivity contribution is 0.260. The first kappa shape index (κ1) is 21.4. The highest BCUT2D eigenvalue weighted by Gasteiger charge is 2.46. The normalized spacial score (nSPS) is 13.5. The number of phenolic OH excluding ortho intramolecular Hbond substituents is 2. The second-order valence-electron chi connectivity index (χ2n) is 9.07. The highest BCUT2D eigenvalue weighted by atomic mass is 16.3. The van der Waals surface area contributed by atoms with Gasteiger partial charge in [-0.3, -0.25) is 0 Å². The summed E-state index contributed by atoms with van der Waals surface area (Å²) in [7, 11) is 0. The monoisotopic (exact) mass is 460 g/mol. The predicted octanol–water partition coefficient (Wildman–Crippen LogP) is 5.60. The number of aliphatic hydroxyl groups is 2. The smallest absolute Gasteiger partial charge is 0.115 e. The van der Waals surface area contributed by atoms with Gasteiger partial charge in [0.05, 0.1) is 18.6 Å². The van der Waals surface area contributed by atoms with Crippen LogP contribution in [0, 0.1) is 0 Å². The molecule has 172 valence electrons. The second-order valence-corrected chi connectivity index (χ2v) is 9.07. The van der Waals surface area contributed by atoms with Crippen LogP contribution in [-0.4, -0.2) is 20.4 Å². The van der Waals surface area contributed by atoms with Gasteiger partial charge in [0.15, 0.2) is 0 Å². The van der Waals surface area contributed by atoms with Crippen molar-refractivity contribution in [3.63, 3.8) is 0 Å². The van der Waals surface area contributed by atoms with Crippen LogP contribution in [-0.2, 0) is 18.6 Å². The molecule has 1 aliphatic carbocycles. The summed E-state index contributed by atoms with van der Waals surface area (Å²) in [5.74, 6) is 0.358. The van der Waals surface area contributed by atoms with Crippen molar-refractivity contribution in [1.82, 2.24) is 0 Å². The molecule has 0 saturated heterocycles. The topological polar surface area (TPSA) is 80.9 Å². The van der Waals surface area contributed by atoms with Crippen LogP contribution in [0.3, 0.4) is 0 Å². The van der Waals surface area contributed by atoms with Crippen LogP contribution in [0.4, 0.5) is 0 Å². The molecule has 0 unspecified atom stereocenters. The van der Waals surface area contributed by atoms with Crippen LogP contribution < -0.4 is 0 Å². The van der Waals surface area contributed by atoms with E-state index in [-0.39, 0.29) is 24.7 Å². The van der Waals surface area contributed by atoms with E-state index in [9.17, 15) is 20.4 Å². The molecule has 0 amide bonds. The maximum Gasteiger partial charge on any atom is 0.115 e. The van der Waals surface area contributed by atoms with Gasteiger partial charge >= 0.3 is 0 Å². The van der Waals surface area contributed by atoms with E-state index in [1.807, 2.05) is 48.5 Å². The number of hydrogen-bond acceptors (Lipinski definition) is 4. The van der Waals surface area contributed by atoms with E-state index >= 15 is 0 Å². The highest BCUT2D eigenvalue weighted by Crippen LogP contribution is 2.57. The number of benzene rings is 5. The Morgan fingerprint density at radius 3 is 1.51 bits per heavy atom. The van der Waals surface area contributed by atoms with Crippen molar-refractivity contribution in [3.8, 4) is 22.6 Å².